The Morgan fingerprint density at radius 2 is 1.72 bits per heavy atom. The first-order valence-electron chi connectivity index (χ1n) is 9.21. The Balaban J connectivity index is 1.58. The maximum atomic E-state index is 12.3. The quantitative estimate of drug-likeness (QED) is 0.591. The van der Waals surface area contributed by atoms with Gasteiger partial charge in [-0.05, 0) is 55.2 Å². The number of carbonyl (C=O) groups excluding carboxylic acids is 2. The minimum absolute atomic E-state index is 0.0530. The molecule has 29 heavy (non-hydrogen) atoms. The molecule has 0 aromatic heterocycles. The molecule has 2 aromatic rings. The molecule has 0 aliphatic heterocycles. The summed E-state index contributed by atoms with van der Waals surface area (Å²) in [6, 6.07) is 11.4. The van der Waals surface area contributed by atoms with E-state index in [1.54, 1.807) is 42.5 Å². The van der Waals surface area contributed by atoms with Gasteiger partial charge in [0.15, 0.2) is 0 Å². The van der Waals surface area contributed by atoms with Crippen molar-refractivity contribution in [2.24, 2.45) is 0 Å². The number of rotatable bonds is 8. The van der Waals surface area contributed by atoms with Crippen LogP contribution in [0.5, 0.6) is 0 Å². The third-order valence-electron chi connectivity index (χ3n) is 4.34. The zero-order chi connectivity index (χ0) is 21.0. The minimum Gasteiger partial charge on any atom is -0.325 e. The lowest BCUT2D eigenvalue weighted by Crippen LogP contribution is -2.25. The highest BCUT2D eigenvalue weighted by Crippen LogP contribution is 2.26. The molecule has 0 saturated heterocycles. The van der Waals surface area contributed by atoms with Crippen LogP contribution in [0, 0.1) is 0 Å². The van der Waals surface area contributed by atoms with E-state index in [2.05, 4.69) is 15.4 Å². The Bertz CT molecular complexity index is 1020. The molecular formula is C20H22ClN3O4S. The van der Waals surface area contributed by atoms with E-state index in [0.29, 0.717) is 22.8 Å². The zero-order valence-electron chi connectivity index (χ0n) is 15.9. The smallest absolute Gasteiger partial charge is 0.240 e. The number of hydrogen-bond donors (Lipinski definition) is 3. The number of anilines is 2. The molecule has 1 fully saturated rings. The van der Waals surface area contributed by atoms with Gasteiger partial charge in [0.2, 0.25) is 21.8 Å². The number of nitrogens with one attached hydrogen (secondary N) is 3. The van der Waals surface area contributed by atoms with Gasteiger partial charge in [-0.15, -0.1) is 0 Å². The first kappa shape index (κ1) is 21.3. The number of hydrogen-bond acceptors (Lipinski definition) is 4. The van der Waals surface area contributed by atoms with Crippen LogP contribution in [0.3, 0.4) is 0 Å². The standard InChI is InChI=1S/C20H22ClN3O4S/c1-13(25)22-18-10-5-15(21)12-19(18)23-20(26)11-4-14-2-8-17(9-3-14)29(27,28)24-16-6-7-16/h2-3,5,8-10,12,16,24H,4,6-7,11H2,1H3,(H,22,25)(H,23,26). The number of aryl methyl sites for hydroxylation is 1. The number of halogens is 1. The minimum atomic E-state index is -3.48. The molecule has 0 spiro atoms. The van der Waals surface area contributed by atoms with Crippen LogP contribution in [-0.4, -0.2) is 26.3 Å². The van der Waals surface area contributed by atoms with Crippen molar-refractivity contribution in [3.05, 3.63) is 53.1 Å². The maximum absolute atomic E-state index is 12.3. The normalized spacial score (nSPS) is 13.7. The van der Waals surface area contributed by atoms with Gasteiger partial charge in [-0.3, -0.25) is 9.59 Å². The number of sulfonamides is 1. The van der Waals surface area contributed by atoms with E-state index in [1.165, 1.54) is 6.92 Å². The van der Waals surface area contributed by atoms with Crippen LogP contribution in [0.15, 0.2) is 47.4 Å². The van der Waals surface area contributed by atoms with Crippen molar-refractivity contribution in [1.29, 1.82) is 0 Å². The first-order valence-corrected chi connectivity index (χ1v) is 11.1. The monoisotopic (exact) mass is 435 g/mol. The summed E-state index contributed by atoms with van der Waals surface area (Å²) in [5.41, 5.74) is 1.73. The van der Waals surface area contributed by atoms with Crippen LogP contribution in [0.4, 0.5) is 11.4 Å². The molecule has 7 nitrogen and oxygen atoms in total. The highest BCUT2D eigenvalue weighted by molar-refractivity contribution is 7.89. The molecule has 0 atom stereocenters. The van der Waals surface area contributed by atoms with Gasteiger partial charge in [0.1, 0.15) is 0 Å². The van der Waals surface area contributed by atoms with Crippen LogP contribution in [0.25, 0.3) is 0 Å². The van der Waals surface area contributed by atoms with Gasteiger partial charge in [0.05, 0.1) is 16.3 Å². The largest absolute Gasteiger partial charge is 0.325 e. The molecule has 9 heteroatoms. The lowest BCUT2D eigenvalue weighted by Gasteiger charge is -2.12. The fourth-order valence-electron chi connectivity index (χ4n) is 2.71. The molecule has 1 aliphatic rings. The van der Waals surface area contributed by atoms with Crippen molar-refractivity contribution in [3.8, 4) is 0 Å². The van der Waals surface area contributed by atoms with E-state index in [9.17, 15) is 18.0 Å². The van der Waals surface area contributed by atoms with Gasteiger partial charge in [-0.2, -0.15) is 0 Å². The second kappa shape index (κ2) is 8.94. The molecule has 0 heterocycles. The van der Waals surface area contributed by atoms with Crippen molar-refractivity contribution in [2.45, 2.75) is 43.5 Å². The van der Waals surface area contributed by atoms with Gasteiger partial charge < -0.3 is 10.6 Å². The van der Waals surface area contributed by atoms with Gasteiger partial charge in [0, 0.05) is 24.4 Å². The lowest BCUT2D eigenvalue weighted by atomic mass is 10.1. The van der Waals surface area contributed by atoms with E-state index < -0.39 is 10.0 Å². The van der Waals surface area contributed by atoms with E-state index in [4.69, 9.17) is 11.6 Å². The second-order valence-electron chi connectivity index (χ2n) is 6.96. The Morgan fingerprint density at radius 1 is 1.03 bits per heavy atom. The Labute approximate surface area is 174 Å². The summed E-state index contributed by atoms with van der Waals surface area (Å²) in [7, 11) is -3.48. The van der Waals surface area contributed by atoms with E-state index in [0.717, 1.165) is 18.4 Å². The average Bonchev–Trinajstić information content (AvgIpc) is 3.45. The predicted molar refractivity (Wildman–Crippen MR) is 112 cm³/mol. The second-order valence-corrected chi connectivity index (χ2v) is 9.11. The summed E-state index contributed by atoms with van der Waals surface area (Å²) >= 11 is 5.98. The van der Waals surface area contributed by atoms with Crippen LogP contribution in [0.1, 0.15) is 31.7 Å². The molecule has 2 amide bonds. The van der Waals surface area contributed by atoms with E-state index in [-0.39, 0.29) is 29.2 Å². The summed E-state index contributed by atoms with van der Waals surface area (Å²) in [5.74, 6) is -0.500. The van der Waals surface area contributed by atoms with Crippen LogP contribution in [0.2, 0.25) is 5.02 Å². The van der Waals surface area contributed by atoms with Crippen LogP contribution < -0.4 is 15.4 Å². The van der Waals surface area contributed by atoms with Crippen molar-refractivity contribution >= 4 is 44.8 Å². The third-order valence-corrected chi connectivity index (χ3v) is 6.11. The molecule has 0 radical (unpaired) electrons. The summed E-state index contributed by atoms with van der Waals surface area (Å²) in [6.45, 7) is 1.38. The third kappa shape index (κ3) is 6.28. The predicted octanol–water partition coefficient (Wildman–Crippen LogP) is 3.31. The fourth-order valence-corrected chi connectivity index (χ4v) is 4.19. The van der Waals surface area contributed by atoms with Crippen molar-refractivity contribution < 1.29 is 18.0 Å². The molecule has 154 valence electrons. The summed E-state index contributed by atoms with van der Waals surface area (Å²) in [4.78, 5) is 23.8. The SMILES string of the molecule is CC(=O)Nc1ccc(Cl)cc1NC(=O)CCc1ccc(S(=O)(=O)NC2CC2)cc1. The molecule has 3 rings (SSSR count). The Morgan fingerprint density at radius 3 is 2.34 bits per heavy atom. The number of carbonyl (C=O) groups is 2. The van der Waals surface area contributed by atoms with Crippen LogP contribution >= 0.6 is 11.6 Å². The molecule has 0 bridgehead atoms. The molecule has 3 N–H and O–H groups in total. The van der Waals surface area contributed by atoms with Gasteiger partial charge in [0.25, 0.3) is 0 Å². The Kier molecular flexibility index (Phi) is 6.56. The summed E-state index contributed by atoms with van der Waals surface area (Å²) in [6.07, 6.45) is 2.39. The maximum Gasteiger partial charge on any atom is 0.240 e. The lowest BCUT2D eigenvalue weighted by molar-refractivity contribution is -0.116. The molecule has 1 saturated carbocycles. The van der Waals surface area contributed by atoms with Crippen molar-refractivity contribution in [1.82, 2.24) is 4.72 Å². The number of amides is 2. The van der Waals surface area contributed by atoms with E-state index >= 15 is 0 Å². The van der Waals surface area contributed by atoms with Crippen molar-refractivity contribution in [2.75, 3.05) is 10.6 Å². The van der Waals surface area contributed by atoms with Gasteiger partial charge in [-0.1, -0.05) is 23.7 Å². The van der Waals surface area contributed by atoms with Gasteiger partial charge >= 0.3 is 0 Å². The molecular weight excluding hydrogens is 414 g/mol. The average molecular weight is 436 g/mol. The van der Waals surface area contributed by atoms with E-state index in [1.807, 2.05) is 0 Å². The number of benzene rings is 2. The first-order chi connectivity index (χ1) is 13.7. The van der Waals surface area contributed by atoms with Crippen LogP contribution in [-0.2, 0) is 26.0 Å². The Hall–Kier alpha value is -2.42. The summed E-state index contributed by atoms with van der Waals surface area (Å²) in [5, 5.41) is 5.83. The molecule has 2 aromatic carbocycles. The molecule has 0 unspecified atom stereocenters. The highest BCUT2D eigenvalue weighted by Gasteiger charge is 2.27. The van der Waals surface area contributed by atoms with Gasteiger partial charge in [-0.25, -0.2) is 13.1 Å². The van der Waals surface area contributed by atoms with Crippen molar-refractivity contribution in [3.63, 3.8) is 0 Å². The summed E-state index contributed by atoms with van der Waals surface area (Å²) < 4.78 is 27.0. The topological polar surface area (TPSA) is 104 Å². The molecule has 1 aliphatic carbocycles. The zero-order valence-corrected chi connectivity index (χ0v) is 17.4. The fraction of sp³-hybridized carbons (Fsp3) is 0.300. The highest BCUT2D eigenvalue weighted by atomic mass is 35.5.